The van der Waals surface area contributed by atoms with Gasteiger partial charge in [0.05, 0.1) is 45.6 Å². The van der Waals surface area contributed by atoms with Crippen molar-refractivity contribution in [3.8, 4) is 11.5 Å². The van der Waals surface area contributed by atoms with Crippen LogP contribution in [0.2, 0.25) is 0 Å². The van der Waals surface area contributed by atoms with Gasteiger partial charge in [0.1, 0.15) is 17.9 Å². The lowest BCUT2D eigenvalue weighted by Crippen LogP contribution is -2.52. The molecule has 0 aliphatic carbocycles. The summed E-state index contributed by atoms with van der Waals surface area (Å²) in [4.78, 5) is 53.1. The summed E-state index contributed by atoms with van der Waals surface area (Å²) in [6, 6.07) is 12.6. The van der Waals surface area contributed by atoms with E-state index in [0.717, 1.165) is 7.11 Å². The number of carbonyl (C=O) groups excluding carboxylic acids is 4. The first-order valence-corrected chi connectivity index (χ1v) is 11.5. The van der Waals surface area contributed by atoms with Crippen LogP contribution in [0.4, 0.5) is 0 Å². The molecule has 3 rings (SSSR count). The minimum atomic E-state index is -2.47. The fraction of sp³-hybridized carbons (Fsp3) is 0.333. The van der Waals surface area contributed by atoms with Crippen molar-refractivity contribution >= 4 is 29.2 Å². The third kappa shape index (κ3) is 5.64. The van der Waals surface area contributed by atoms with E-state index in [1.165, 1.54) is 31.3 Å². The number of ketones is 2. The molecule has 0 bridgehead atoms. The average molecular weight is 512 g/mol. The van der Waals surface area contributed by atoms with E-state index in [1.54, 1.807) is 43.3 Å². The Balaban J connectivity index is 2.20. The molecule has 1 heterocycles. The average Bonchev–Trinajstić information content (AvgIpc) is 3.13. The van der Waals surface area contributed by atoms with E-state index in [0.29, 0.717) is 17.1 Å². The summed E-state index contributed by atoms with van der Waals surface area (Å²) in [5, 5.41) is 11.6. The van der Waals surface area contributed by atoms with Gasteiger partial charge in [-0.1, -0.05) is 0 Å². The van der Waals surface area contributed by atoms with Gasteiger partial charge in [-0.3, -0.25) is 19.2 Å². The molecule has 0 radical (unpaired) electrons. The van der Waals surface area contributed by atoms with E-state index in [-0.39, 0.29) is 36.4 Å². The second kappa shape index (κ2) is 11.7. The van der Waals surface area contributed by atoms with Crippen molar-refractivity contribution in [1.29, 1.82) is 0 Å². The molecule has 37 heavy (non-hydrogen) atoms. The summed E-state index contributed by atoms with van der Waals surface area (Å²) < 4.78 is 20.1. The van der Waals surface area contributed by atoms with Gasteiger partial charge in [0.25, 0.3) is 0 Å². The van der Waals surface area contributed by atoms with Crippen LogP contribution in [0, 0.1) is 0 Å². The van der Waals surface area contributed by atoms with Gasteiger partial charge < -0.3 is 29.0 Å². The van der Waals surface area contributed by atoms with Crippen LogP contribution in [0.5, 0.6) is 11.5 Å². The van der Waals surface area contributed by atoms with Gasteiger partial charge in [0.2, 0.25) is 11.5 Å². The van der Waals surface area contributed by atoms with Gasteiger partial charge in [-0.2, -0.15) is 0 Å². The SMILES string of the molecule is CCOC(=O)CCN1C(c2ccc(OC)cc2)=C(C(=O)c2ccc(OC)cc2)C(=O)C1(O)CC(=O)OC. The maximum absolute atomic E-state index is 13.8. The van der Waals surface area contributed by atoms with Crippen molar-refractivity contribution in [3.05, 3.63) is 65.2 Å². The molecule has 0 spiro atoms. The monoisotopic (exact) mass is 511 g/mol. The van der Waals surface area contributed by atoms with Crippen LogP contribution in [0.1, 0.15) is 35.7 Å². The van der Waals surface area contributed by atoms with Crippen molar-refractivity contribution in [2.75, 3.05) is 34.5 Å². The zero-order valence-electron chi connectivity index (χ0n) is 21.1. The van der Waals surface area contributed by atoms with Crippen LogP contribution >= 0.6 is 0 Å². The highest BCUT2D eigenvalue weighted by Crippen LogP contribution is 2.42. The summed E-state index contributed by atoms with van der Waals surface area (Å²) in [6.45, 7) is 1.59. The van der Waals surface area contributed by atoms with E-state index < -0.39 is 35.7 Å². The number of carbonyl (C=O) groups is 4. The molecule has 1 aliphatic rings. The van der Waals surface area contributed by atoms with Crippen molar-refractivity contribution in [3.63, 3.8) is 0 Å². The summed E-state index contributed by atoms with van der Waals surface area (Å²) in [5.74, 6) is -2.05. The molecule has 0 saturated heterocycles. The second-order valence-electron chi connectivity index (χ2n) is 8.12. The molecule has 2 aromatic rings. The zero-order valence-corrected chi connectivity index (χ0v) is 21.1. The Morgan fingerprint density at radius 2 is 1.46 bits per heavy atom. The Morgan fingerprint density at radius 1 is 0.892 bits per heavy atom. The lowest BCUT2D eigenvalue weighted by Gasteiger charge is -2.35. The molecular weight excluding hydrogens is 482 g/mol. The molecule has 10 heteroatoms. The van der Waals surface area contributed by atoms with E-state index in [4.69, 9.17) is 18.9 Å². The van der Waals surface area contributed by atoms with Crippen LogP contribution in [0.3, 0.4) is 0 Å². The standard InChI is InChI=1S/C27H29NO9/c1-5-37-21(29)14-15-28-24(17-6-10-19(34-2)11-7-17)23(26(32)27(28,33)16-22(30)36-4)25(31)18-8-12-20(35-3)13-9-18/h6-13,33H,5,14-16H2,1-4H3. The highest BCUT2D eigenvalue weighted by molar-refractivity contribution is 6.34. The number of ether oxygens (including phenoxy) is 4. The molecule has 1 unspecified atom stereocenters. The van der Waals surface area contributed by atoms with Crippen molar-refractivity contribution in [1.82, 2.24) is 4.90 Å². The number of aliphatic hydroxyl groups is 1. The van der Waals surface area contributed by atoms with Crippen molar-refractivity contribution in [2.45, 2.75) is 25.5 Å². The molecule has 1 aliphatic heterocycles. The maximum atomic E-state index is 13.8. The Kier molecular flexibility index (Phi) is 8.67. The van der Waals surface area contributed by atoms with Crippen LogP contribution < -0.4 is 9.47 Å². The van der Waals surface area contributed by atoms with Crippen molar-refractivity contribution < 1.29 is 43.2 Å². The van der Waals surface area contributed by atoms with Gasteiger partial charge in [-0.05, 0) is 61.0 Å². The first-order valence-electron chi connectivity index (χ1n) is 11.5. The number of hydrogen-bond donors (Lipinski definition) is 1. The fourth-order valence-corrected chi connectivity index (χ4v) is 4.08. The van der Waals surface area contributed by atoms with Gasteiger partial charge >= 0.3 is 11.9 Å². The Bertz CT molecular complexity index is 1200. The Labute approximate surface area is 214 Å². The number of nitrogens with zero attached hydrogens (tertiary/aromatic N) is 1. The number of methoxy groups -OCH3 is 3. The lowest BCUT2D eigenvalue weighted by molar-refractivity contribution is -0.163. The topological polar surface area (TPSA) is 129 Å². The molecule has 1 N–H and O–H groups in total. The predicted octanol–water partition coefficient (Wildman–Crippen LogP) is 2.39. The molecular formula is C27H29NO9. The first-order chi connectivity index (χ1) is 17.7. The number of rotatable bonds is 11. The Morgan fingerprint density at radius 3 is 1.97 bits per heavy atom. The normalized spacial score (nSPS) is 17.0. The molecule has 10 nitrogen and oxygen atoms in total. The van der Waals surface area contributed by atoms with Crippen molar-refractivity contribution in [2.24, 2.45) is 0 Å². The van der Waals surface area contributed by atoms with E-state index in [1.807, 2.05) is 0 Å². The van der Waals surface area contributed by atoms with Crippen LogP contribution in [0.25, 0.3) is 5.70 Å². The van der Waals surface area contributed by atoms with Gasteiger partial charge in [0.15, 0.2) is 5.78 Å². The Hall–Kier alpha value is -4.18. The first kappa shape index (κ1) is 27.4. The molecule has 0 fully saturated rings. The molecule has 2 aromatic carbocycles. The van der Waals surface area contributed by atoms with Gasteiger partial charge in [-0.25, -0.2) is 0 Å². The molecule has 196 valence electrons. The molecule has 0 saturated carbocycles. The fourth-order valence-electron chi connectivity index (χ4n) is 4.08. The summed E-state index contributed by atoms with van der Waals surface area (Å²) in [7, 11) is 4.10. The van der Waals surface area contributed by atoms with E-state index >= 15 is 0 Å². The van der Waals surface area contributed by atoms with Crippen LogP contribution in [0.15, 0.2) is 54.1 Å². The zero-order chi connectivity index (χ0) is 27.2. The molecule has 0 aromatic heterocycles. The number of Topliss-reactive ketones (excluding diaryl/α,β-unsaturated/α-hetero) is 2. The molecule has 1 atom stereocenters. The molecule has 0 amide bonds. The van der Waals surface area contributed by atoms with Gasteiger partial charge in [0, 0.05) is 12.1 Å². The highest BCUT2D eigenvalue weighted by Gasteiger charge is 2.55. The minimum Gasteiger partial charge on any atom is -0.497 e. The van der Waals surface area contributed by atoms with Crippen LogP contribution in [-0.2, 0) is 23.9 Å². The largest absolute Gasteiger partial charge is 0.497 e. The van der Waals surface area contributed by atoms with E-state index in [2.05, 4.69) is 0 Å². The van der Waals surface area contributed by atoms with Gasteiger partial charge in [-0.15, -0.1) is 0 Å². The minimum absolute atomic E-state index is 0.0733. The summed E-state index contributed by atoms with van der Waals surface area (Å²) >= 11 is 0. The number of benzene rings is 2. The number of esters is 2. The maximum Gasteiger partial charge on any atom is 0.310 e. The quantitative estimate of drug-likeness (QED) is 0.273. The second-order valence-corrected chi connectivity index (χ2v) is 8.12. The number of hydrogen-bond acceptors (Lipinski definition) is 10. The highest BCUT2D eigenvalue weighted by atomic mass is 16.5. The third-order valence-electron chi connectivity index (χ3n) is 5.95. The lowest BCUT2D eigenvalue weighted by atomic mass is 9.93. The smallest absolute Gasteiger partial charge is 0.310 e. The predicted molar refractivity (Wildman–Crippen MR) is 132 cm³/mol. The third-order valence-corrected chi connectivity index (χ3v) is 5.95. The summed E-state index contributed by atoms with van der Waals surface area (Å²) in [5.41, 5.74) is -2.15. The van der Waals surface area contributed by atoms with E-state index in [9.17, 15) is 24.3 Å². The summed E-state index contributed by atoms with van der Waals surface area (Å²) in [6.07, 6.45) is -0.974. The van der Waals surface area contributed by atoms with Crippen LogP contribution in [-0.4, -0.2) is 73.7 Å².